The second kappa shape index (κ2) is 21.5. The van der Waals surface area contributed by atoms with Crippen LogP contribution in [0.4, 0.5) is 4.79 Å². The normalized spacial score (nSPS) is 14.9. The summed E-state index contributed by atoms with van der Waals surface area (Å²) in [6.07, 6.45) is 4.43. The summed E-state index contributed by atoms with van der Waals surface area (Å²) in [4.78, 5) is 56.5. The number of benzene rings is 4. The average molecular weight is 774 g/mol. The Morgan fingerprint density at radius 2 is 1.42 bits per heavy atom. The molecule has 0 radical (unpaired) electrons. The number of hydrogen-bond donors (Lipinski definition) is 2. The number of aryl methyl sites for hydroxylation is 2. The number of likely N-dealkylation sites (tertiary alicyclic amines) is 1. The summed E-state index contributed by atoms with van der Waals surface area (Å²) in [5, 5.41) is 6.08. The lowest BCUT2D eigenvalue weighted by atomic mass is 9.79. The zero-order chi connectivity index (χ0) is 40.5. The summed E-state index contributed by atoms with van der Waals surface area (Å²) in [6, 6.07) is 34.7. The summed E-state index contributed by atoms with van der Waals surface area (Å²) in [6.45, 7) is 8.32. The van der Waals surface area contributed by atoms with Crippen LogP contribution in [0.3, 0.4) is 0 Å². The number of ether oxygens (including phenoxy) is 3. The minimum atomic E-state index is -1.30. The van der Waals surface area contributed by atoms with Crippen molar-refractivity contribution in [3.05, 3.63) is 156 Å². The Morgan fingerprint density at radius 1 is 0.807 bits per heavy atom. The van der Waals surface area contributed by atoms with Crippen LogP contribution in [-0.4, -0.2) is 73.3 Å². The number of unbranched alkanes of at least 4 members (excludes halogenated alkanes) is 1. The van der Waals surface area contributed by atoms with E-state index in [4.69, 9.17) is 14.2 Å². The number of esters is 2. The number of alkyl carbamates (subject to hydrolysis) is 1. The molecule has 3 atom stereocenters. The van der Waals surface area contributed by atoms with E-state index in [0.29, 0.717) is 58.0 Å². The molecule has 1 aliphatic heterocycles. The van der Waals surface area contributed by atoms with Crippen LogP contribution in [-0.2, 0) is 40.6 Å². The van der Waals surface area contributed by atoms with Crippen LogP contribution in [0, 0.1) is 6.92 Å². The topological polar surface area (TPSA) is 123 Å². The van der Waals surface area contributed by atoms with Crippen molar-refractivity contribution in [1.82, 2.24) is 15.5 Å². The Kier molecular flexibility index (Phi) is 16.0. The van der Waals surface area contributed by atoms with Crippen molar-refractivity contribution in [2.75, 3.05) is 26.3 Å². The first kappa shape index (κ1) is 42.4. The molecule has 1 heterocycles. The predicted octanol–water partition coefficient (Wildman–Crippen LogP) is 7.43. The van der Waals surface area contributed by atoms with Crippen molar-refractivity contribution in [2.45, 2.75) is 82.5 Å². The van der Waals surface area contributed by atoms with Gasteiger partial charge in [-0.2, -0.15) is 0 Å². The number of nitrogens with zero attached hydrogens (tertiary/aromatic N) is 1. The molecule has 1 unspecified atom stereocenters. The second-order valence-electron chi connectivity index (χ2n) is 14.2. The van der Waals surface area contributed by atoms with Gasteiger partial charge in [-0.15, -0.1) is 0 Å². The molecule has 10 heteroatoms. The molecule has 0 aromatic heterocycles. The summed E-state index contributed by atoms with van der Waals surface area (Å²) >= 11 is 0. The molecule has 0 bridgehead atoms. The monoisotopic (exact) mass is 773 g/mol. The summed E-state index contributed by atoms with van der Waals surface area (Å²) in [5.74, 6) is -1.24. The molecular weight excluding hydrogens is 719 g/mol. The zero-order valence-corrected chi connectivity index (χ0v) is 33.1. The number of nitrogens with one attached hydrogen (secondary N) is 2. The van der Waals surface area contributed by atoms with Gasteiger partial charge in [-0.25, -0.2) is 9.59 Å². The van der Waals surface area contributed by atoms with E-state index < -0.39 is 41.8 Å². The van der Waals surface area contributed by atoms with Gasteiger partial charge in [0.2, 0.25) is 5.91 Å². The Morgan fingerprint density at radius 3 is 2.04 bits per heavy atom. The maximum atomic E-state index is 14.8. The van der Waals surface area contributed by atoms with Crippen LogP contribution in [0.5, 0.6) is 0 Å². The van der Waals surface area contributed by atoms with Crippen LogP contribution in [0.1, 0.15) is 73.3 Å². The fraction of sp³-hybridized carbons (Fsp3) is 0.362. The van der Waals surface area contributed by atoms with Crippen LogP contribution in [0.2, 0.25) is 0 Å². The van der Waals surface area contributed by atoms with Gasteiger partial charge in [0.05, 0.1) is 12.6 Å². The quantitative estimate of drug-likeness (QED) is 0.0313. The van der Waals surface area contributed by atoms with Gasteiger partial charge in [0.15, 0.2) is 5.60 Å². The summed E-state index contributed by atoms with van der Waals surface area (Å²) in [5.41, 5.74) is 3.17. The molecule has 1 aliphatic rings. The predicted molar refractivity (Wildman–Crippen MR) is 220 cm³/mol. The smallest absolute Gasteiger partial charge is 0.407 e. The van der Waals surface area contributed by atoms with E-state index >= 15 is 0 Å². The lowest BCUT2D eigenvalue weighted by Crippen LogP contribution is -2.55. The van der Waals surface area contributed by atoms with Gasteiger partial charge in [0.1, 0.15) is 18.7 Å². The highest BCUT2D eigenvalue weighted by molar-refractivity contribution is 5.89. The first-order valence-corrected chi connectivity index (χ1v) is 20.0. The molecule has 1 fully saturated rings. The minimum absolute atomic E-state index is 0.104. The van der Waals surface area contributed by atoms with Crippen LogP contribution >= 0.6 is 0 Å². The van der Waals surface area contributed by atoms with Crippen LogP contribution < -0.4 is 10.6 Å². The second-order valence-corrected chi connectivity index (χ2v) is 14.2. The molecule has 0 aliphatic carbocycles. The van der Waals surface area contributed by atoms with Crippen molar-refractivity contribution < 1.29 is 33.4 Å². The standard InChI is InChI=1S/C47H55N3O7/c1-4-34-56-46(54)48-32-16-15-24-40(49-41(44(52)55-5-2)31-28-36-18-9-6-10-19-36)43(51)50-33-17-25-42(50)45(53)57-47(37-20-11-7-12-21-37,38-22-13-8-14-23-38)39-29-26-35(3)27-30-39/h4,6-14,18-23,26-27,29-30,40-42,49H,1,5,15-17,24-25,28,31-34H2,2-3H3,(H,48,54)/t40-,41?,42-/m0/s1. The third-order valence-electron chi connectivity index (χ3n) is 10.2. The van der Waals surface area contributed by atoms with Crippen LogP contribution in [0.25, 0.3) is 0 Å². The van der Waals surface area contributed by atoms with Gasteiger partial charge < -0.3 is 24.4 Å². The Hall–Kier alpha value is -5.74. The maximum absolute atomic E-state index is 14.8. The molecule has 2 N–H and O–H groups in total. The van der Waals surface area contributed by atoms with Crippen molar-refractivity contribution >= 4 is 23.9 Å². The molecule has 4 aromatic rings. The zero-order valence-electron chi connectivity index (χ0n) is 33.1. The highest BCUT2D eigenvalue weighted by atomic mass is 16.6. The number of rotatable bonds is 20. The van der Waals surface area contributed by atoms with Gasteiger partial charge in [0.25, 0.3) is 0 Å². The third kappa shape index (κ3) is 11.4. The SMILES string of the molecule is C=CCOC(=O)NCCCC[C@H](NC(CCc1ccccc1)C(=O)OCC)C(=O)N1CCC[C@H]1C(=O)OC(c1ccccc1)(c1ccccc1)c1ccc(C)cc1. The van der Waals surface area contributed by atoms with E-state index in [0.717, 1.165) is 27.8 Å². The summed E-state index contributed by atoms with van der Waals surface area (Å²) in [7, 11) is 0. The highest BCUT2D eigenvalue weighted by Gasteiger charge is 2.45. The molecule has 0 spiro atoms. The molecule has 0 saturated carbocycles. The average Bonchev–Trinajstić information content (AvgIpc) is 3.74. The fourth-order valence-electron chi connectivity index (χ4n) is 7.34. The lowest BCUT2D eigenvalue weighted by molar-refractivity contribution is -0.162. The molecule has 10 nitrogen and oxygen atoms in total. The number of carbonyl (C=O) groups is 4. The molecule has 2 amide bonds. The number of carbonyl (C=O) groups excluding carboxylic acids is 4. The van der Waals surface area contributed by atoms with Gasteiger partial charge in [-0.05, 0) is 64.4 Å². The first-order valence-electron chi connectivity index (χ1n) is 20.0. The van der Waals surface area contributed by atoms with E-state index in [1.807, 2.05) is 122 Å². The third-order valence-corrected chi connectivity index (χ3v) is 10.2. The summed E-state index contributed by atoms with van der Waals surface area (Å²) < 4.78 is 17.3. The fourth-order valence-corrected chi connectivity index (χ4v) is 7.34. The molecular formula is C47H55N3O7. The van der Waals surface area contributed by atoms with Gasteiger partial charge in [0, 0.05) is 29.8 Å². The van der Waals surface area contributed by atoms with Crippen LogP contribution in [0.15, 0.2) is 128 Å². The molecule has 4 aromatic carbocycles. The van der Waals surface area contributed by atoms with E-state index in [9.17, 15) is 19.2 Å². The molecule has 300 valence electrons. The van der Waals surface area contributed by atoms with Crippen molar-refractivity contribution in [1.29, 1.82) is 0 Å². The maximum Gasteiger partial charge on any atom is 0.407 e. The van der Waals surface area contributed by atoms with Crippen molar-refractivity contribution in [2.24, 2.45) is 0 Å². The van der Waals surface area contributed by atoms with E-state index in [-0.39, 0.29) is 19.1 Å². The first-order chi connectivity index (χ1) is 27.8. The molecule has 57 heavy (non-hydrogen) atoms. The van der Waals surface area contributed by atoms with Crippen molar-refractivity contribution in [3.63, 3.8) is 0 Å². The molecule has 5 rings (SSSR count). The largest absolute Gasteiger partial charge is 0.465 e. The van der Waals surface area contributed by atoms with Gasteiger partial charge in [-0.1, -0.05) is 133 Å². The Balaban J connectivity index is 1.42. The van der Waals surface area contributed by atoms with Gasteiger partial charge >= 0.3 is 18.0 Å². The minimum Gasteiger partial charge on any atom is -0.465 e. The van der Waals surface area contributed by atoms with Crippen molar-refractivity contribution in [3.8, 4) is 0 Å². The number of hydrogen-bond acceptors (Lipinski definition) is 8. The Bertz CT molecular complexity index is 1850. The number of amides is 2. The van der Waals surface area contributed by atoms with E-state index in [1.54, 1.807) is 11.8 Å². The molecule has 1 saturated heterocycles. The van der Waals surface area contributed by atoms with E-state index in [1.165, 1.54) is 6.08 Å². The lowest BCUT2D eigenvalue weighted by Gasteiger charge is -2.37. The van der Waals surface area contributed by atoms with Gasteiger partial charge in [-0.3, -0.25) is 14.9 Å². The highest BCUT2D eigenvalue weighted by Crippen LogP contribution is 2.41. The Labute approximate surface area is 336 Å². The van der Waals surface area contributed by atoms with E-state index in [2.05, 4.69) is 17.2 Å².